The summed E-state index contributed by atoms with van der Waals surface area (Å²) in [5.74, 6) is -0.337. The largest absolute Gasteiger partial charge is 0.369 e. The molecule has 0 saturated carbocycles. The third-order valence-corrected chi connectivity index (χ3v) is 1.90. The highest BCUT2D eigenvalue weighted by molar-refractivity contribution is 5.85. The van der Waals surface area contributed by atoms with Crippen LogP contribution in [-0.4, -0.2) is 15.9 Å². The zero-order valence-electron chi connectivity index (χ0n) is 6.95. The van der Waals surface area contributed by atoms with E-state index in [1.54, 1.807) is 6.33 Å². The lowest BCUT2D eigenvalue weighted by molar-refractivity contribution is -0.117. The number of nitrogens with zero attached hydrogens (tertiary/aromatic N) is 1. The molecule has 0 aliphatic rings. The van der Waals surface area contributed by atoms with E-state index >= 15 is 0 Å². The van der Waals surface area contributed by atoms with Crippen molar-refractivity contribution < 1.29 is 4.79 Å². The van der Waals surface area contributed by atoms with Crippen LogP contribution in [-0.2, 0) is 11.2 Å². The number of primary amides is 1. The van der Waals surface area contributed by atoms with Gasteiger partial charge in [-0.05, 0) is 11.6 Å². The Morgan fingerprint density at radius 1 is 1.54 bits per heavy atom. The van der Waals surface area contributed by atoms with Crippen molar-refractivity contribution in [2.45, 2.75) is 6.42 Å². The fourth-order valence-corrected chi connectivity index (χ4v) is 1.36. The average Bonchev–Trinajstić information content (AvgIpc) is 2.51. The van der Waals surface area contributed by atoms with Gasteiger partial charge in [0.2, 0.25) is 5.91 Å². The number of hydrogen-bond acceptors (Lipinski definition) is 2. The van der Waals surface area contributed by atoms with Crippen molar-refractivity contribution in [1.82, 2.24) is 9.97 Å². The van der Waals surface area contributed by atoms with E-state index in [0.29, 0.717) is 0 Å². The number of hydrogen-bond donors (Lipinski definition) is 2. The maximum Gasteiger partial charge on any atom is 0.221 e. The number of rotatable bonds is 2. The SMILES string of the molecule is NC(=O)Cc1cccc2[nH]cnc12. The Hall–Kier alpha value is -1.84. The molecule has 2 rings (SSSR count). The number of H-pyrrole nitrogens is 1. The molecule has 2 aromatic rings. The quantitative estimate of drug-likeness (QED) is 0.701. The van der Waals surface area contributed by atoms with Gasteiger partial charge in [0, 0.05) is 0 Å². The summed E-state index contributed by atoms with van der Waals surface area (Å²) in [6.45, 7) is 0. The molecule has 0 atom stereocenters. The monoisotopic (exact) mass is 175 g/mol. The first kappa shape index (κ1) is 7.79. The van der Waals surface area contributed by atoms with Crippen LogP contribution in [0.25, 0.3) is 11.0 Å². The van der Waals surface area contributed by atoms with Crippen molar-refractivity contribution in [2.24, 2.45) is 5.73 Å². The molecular formula is C9H9N3O. The first-order valence-electron chi connectivity index (χ1n) is 3.96. The van der Waals surface area contributed by atoms with Crippen LogP contribution in [0.1, 0.15) is 5.56 Å². The number of carbonyl (C=O) groups is 1. The van der Waals surface area contributed by atoms with Gasteiger partial charge >= 0.3 is 0 Å². The normalized spacial score (nSPS) is 10.5. The molecule has 4 nitrogen and oxygen atoms in total. The highest BCUT2D eigenvalue weighted by atomic mass is 16.1. The molecule has 0 radical (unpaired) electrons. The Balaban J connectivity index is 2.54. The molecular weight excluding hydrogens is 166 g/mol. The molecule has 0 aliphatic carbocycles. The van der Waals surface area contributed by atoms with Crippen LogP contribution >= 0.6 is 0 Å². The molecule has 0 aliphatic heterocycles. The molecule has 0 fully saturated rings. The van der Waals surface area contributed by atoms with E-state index in [1.807, 2.05) is 18.2 Å². The molecule has 66 valence electrons. The van der Waals surface area contributed by atoms with Crippen molar-refractivity contribution in [3.8, 4) is 0 Å². The van der Waals surface area contributed by atoms with Crippen LogP contribution in [0, 0.1) is 0 Å². The number of nitrogens with one attached hydrogen (secondary N) is 1. The van der Waals surface area contributed by atoms with E-state index in [2.05, 4.69) is 9.97 Å². The smallest absolute Gasteiger partial charge is 0.221 e. The lowest BCUT2D eigenvalue weighted by Gasteiger charge is -1.97. The van der Waals surface area contributed by atoms with Gasteiger partial charge in [-0.3, -0.25) is 4.79 Å². The fourth-order valence-electron chi connectivity index (χ4n) is 1.36. The van der Waals surface area contributed by atoms with Gasteiger partial charge in [-0.1, -0.05) is 12.1 Å². The van der Waals surface area contributed by atoms with E-state index in [-0.39, 0.29) is 12.3 Å². The maximum absolute atomic E-state index is 10.7. The number of nitrogens with two attached hydrogens (primary N) is 1. The summed E-state index contributed by atoms with van der Waals surface area (Å²) in [4.78, 5) is 17.8. The molecule has 0 bridgehead atoms. The molecule has 0 unspecified atom stereocenters. The third kappa shape index (κ3) is 1.38. The lowest BCUT2D eigenvalue weighted by atomic mass is 10.1. The van der Waals surface area contributed by atoms with Crippen molar-refractivity contribution in [2.75, 3.05) is 0 Å². The van der Waals surface area contributed by atoms with Gasteiger partial charge in [0.25, 0.3) is 0 Å². The van der Waals surface area contributed by atoms with Gasteiger partial charge in [-0.15, -0.1) is 0 Å². The molecule has 1 heterocycles. The molecule has 13 heavy (non-hydrogen) atoms. The maximum atomic E-state index is 10.7. The number of fused-ring (bicyclic) bond motifs is 1. The summed E-state index contributed by atoms with van der Waals surface area (Å²) in [5, 5.41) is 0. The second-order valence-electron chi connectivity index (χ2n) is 2.86. The Bertz CT molecular complexity index is 447. The van der Waals surface area contributed by atoms with Crippen molar-refractivity contribution in [3.63, 3.8) is 0 Å². The molecule has 0 saturated heterocycles. The Kier molecular flexibility index (Phi) is 1.73. The Morgan fingerprint density at radius 2 is 2.38 bits per heavy atom. The number of benzene rings is 1. The molecule has 3 N–H and O–H groups in total. The fraction of sp³-hybridized carbons (Fsp3) is 0.111. The second-order valence-corrected chi connectivity index (χ2v) is 2.86. The Morgan fingerprint density at radius 3 is 3.15 bits per heavy atom. The average molecular weight is 175 g/mol. The number of imidazole rings is 1. The van der Waals surface area contributed by atoms with Gasteiger partial charge in [0.1, 0.15) is 0 Å². The van der Waals surface area contributed by atoms with Crippen LogP contribution in [0.4, 0.5) is 0 Å². The standard InChI is InChI=1S/C9H9N3O/c10-8(13)4-6-2-1-3-7-9(6)12-5-11-7/h1-3,5H,4H2,(H2,10,13)(H,11,12). The predicted octanol–water partition coefficient (Wildman–Crippen LogP) is 0.591. The lowest BCUT2D eigenvalue weighted by Crippen LogP contribution is -2.13. The summed E-state index contributed by atoms with van der Waals surface area (Å²) in [6, 6.07) is 5.64. The van der Waals surface area contributed by atoms with Gasteiger partial charge < -0.3 is 10.7 Å². The summed E-state index contributed by atoms with van der Waals surface area (Å²) < 4.78 is 0. The minimum Gasteiger partial charge on any atom is -0.369 e. The number of amides is 1. The molecule has 0 spiro atoms. The molecule has 1 aromatic heterocycles. The molecule has 1 aromatic carbocycles. The van der Waals surface area contributed by atoms with Crippen molar-refractivity contribution in [1.29, 1.82) is 0 Å². The minimum atomic E-state index is -0.337. The van der Waals surface area contributed by atoms with Crippen LogP contribution in [0.5, 0.6) is 0 Å². The van der Waals surface area contributed by atoms with E-state index in [1.165, 1.54) is 0 Å². The van der Waals surface area contributed by atoms with Gasteiger partial charge in [-0.2, -0.15) is 0 Å². The Labute approximate surface area is 74.8 Å². The summed E-state index contributed by atoms with van der Waals surface area (Å²) in [5.41, 5.74) is 7.72. The third-order valence-electron chi connectivity index (χ3n) is 1.90. The number of carbonyl (C=O) groups excluding carboxylic acids is 1. The van der Waals surface area contributed by atoms with Crippen LogP contribution in [0.2, 0.25) is 0 Å². The second kappa shape index (κ2) is 2.90. The zero-order valence-corrected chi connectivity index (χ0v) is 6.95. The van der Waals surface area contributed by atoms with Gasteiger partial charge in [0.15, 0.2) is 0 Å². The summed E-state index contributed by atoms with van der Waals surface area (Å²) >= 11 is 0. The first-order chi connectivity index (χ1) is 6.27. The van der Waals surface area contributed by atoms with E-state index in [0.717, 1.165) is 16.6 Å². The predicted molar refractivity (Wildman–Crippen MR) is 49.0 cm³/mol. The number of aromatic amines is 1. The number of aromatic nitrogens is 2. The summed E-state index contributed by atoms with van der Waals surface area (Å²) in [7, 11) is 0. The van der Waals surface area contributed by atoms with E-state index in [4.69, 9.17) is 5.73 Å². The highest BCUT2D eigenvalue weighted by Crippen LogP contribution is 2.14. The van der Waals surface area contributed by atoms with Gasteiger partial charge in [-0.25, -0.2) is 4.98 Å². The van der Waals surface area contributed by atoms with Crippen LogP contribution in [0.15, 0.2) is 24.5 Å². The van der Waals surface area contributed by atoms with Gasteiger partial charge in [0.05, 0.1) is 23.8 Å². The topological polar surface area (TPSA) is 71.8 Å². The van der Waals surface area contributed by atoms with E-state index in [9.17, 15) is 4.79 Å². The highest BCUT2D eigenvalue weighted by Gasteiger charge is 2.04. The number of para-hydroxylation sites is 1. The van der Waals surface area contributed by atoms with Crippen molar-refractivity contribution in [3.05, 3.63) is 30.1 Å². The first-order valence-corrected chi connectivity index (χ1v) is 3.96. The van der Waals surface area contributed by atoms with E-state index < -0.39 is 0 Å². The minimum absolute atomic E-state index is 0.238. The summed E-state index contributed by atoms with van der Waals surface area (Å²) in [6.07, 6.45) is 1.84. The van der Waals surface area contributed by atoms with Crippen LogP contribution < -0.4 is 5.73 Å². The zero-order chi connectivity index (χ0) is 9.26. The molecule has 4 heteroatoms. The molecule has 1 amide bonds. The van der Waals surface area contributed by atoms with Crippen LogP contribution in [0.3, 0.4) is 0 Å². The van der Waals surface area contributed by atoms with Crippen molar-refractivity contribution >= 4 is 16.9 Å².